The number of nitrogens with zero attached hydrogens (tertiary/aromatic N) is 1. The summed E-state index contributed by atoms with van der Waals surface area (Å²) in [5.74, 6) is -1.71. The summed E-state index contributed by atoms with van der Waals surface area (Å²) in [6.45, 7) is 10.8. The van der Waals surface area contributed by atoms with E-state index in [1.165, 1.54) is 4.90 Å². The van der Waals surface area contributed by atoms with E-state index in [0.29, 0.717) is 0 Å². The third kappa shape index (κ3) is 4.49. The number of carbonyl (C=O) groups excluding carboxylic acids is 2. The summed E-state index contributed by atoms with van der Waals surface area (Å²) in [4.78, 5) is 26.0. The van der Waals surface area contributed by atoms with Gasteiger partial charge in [0.05, 0.1) is 18.8 Å². The van der Waals surface area contributed by atoms with Gasteiger partial charge < -0.3 is 14.7 Å². The second kappa shape index (κ2) is 6.37. The number of carbonyl (C=O) groups is 2. The highest BCUT2D eigenvalue weighted by atomic mass is 16.5. The smallest absolute Gasteiger partial charge is 0.319 e. The van der Waals surface area contributed by atoms with Crippen molar-refractivity contribution >= 4 is 11.9 Å². The molecule has 0 spiro atoms. The highest BCUT2D eigenvalue weighted by Crippen LogP contribution is 2.30. The van der Waals surface area contributed by atoms with Gasteiger partial charge in [0.1, 0.15) is 5.92 Å². The zero-order chi connectivity index (χ0) is 15.4. The number of aliphatic hydroxyl groups excluding tert-OH is 1. The number of rotatable bonds is 5. The van der Waals surface area contributed by atoms with Crippen LogP contribution < -0.4 is 0 Å². The Morgan fingerprint density at radius 3 is 2.00 bits per heavy atom. The van der Waals surface area contributed by atoms with Gasteiger partial charge in [-0.25, -0.2) is 0 Å². The van der Waals surface area contributed by atoms with Crippen molar-refractivity contribution in [3.05, 3.63) is 0 Å². The lowest BCUT2D eigenvalue weighted by molar-refractivity contribution is -0.162. The van der Waals surface area contributed by atoms with Crippen LogP contribution in [0.4, 0.5) is 0 Å². The second-order valence-corrected chi connectivity index (χ2v) is 6.42. The van der Waals surface area contributed by atoms with E-state index in [1.807, 2.05) is 20.8 Å². The lowest BCUT2D eigenvalue weighted by Gasteiger charge is -2.38. The highest BCUT2D eigenvalue weighted by molar-refractivity contribution is 5.98. The van der Waals surface area contributed by atoms with Crippen LogP contribution in [0.1, 0.15) is 41.5 Å². The van der Waals surface area contributed by atoms with E-state index < -0.39 is 22.8 Å². The predicted molar refractivity (Wildman–Crippen MR) is 73.5 cm³/mol. The maximum atomic E-state index is 12.5. The molecule has 0 bridgehead atoms. The van der Waals surface area contributed by atoms with E-state index >= 15 is 0 Å². The van der Waals surface area contributed by atoms with Crippen LogP contribution >= 0.6 is 0 Å². The number of hydrogen-bond acceptors (Lipinski definition) is 4. The number of ether oxygens (including phenoxy) is 1. The molecule has 0 aliphatic rings. The second-order valence-electron chi connectivity index (χ2n) is 6.42. The summed E-state index contributed by atoms with van der Waals surface area (Å²) >= 11 is 0. The van der Waals surface area contributed by atoms with Gasteiger partial charge in [0.25, 0.3) is 0 Å². The first kappa shape index (κ1) is 17.9. The molecule has 1 N–H and O–H groups in total. The normalized spacial score (nSPS) is 13.9. The van der Waals surface area contributed by atoms with Gasteiger partial charge >= 0.3 is 5.97 Å². The first-order chi connectivity index (χ1) is 8.49. The van der Waals surface area contributed by atoms with Gasteiger partial charge in [-0.3, -0.25) is 9.59 Å². The molecular formula is C14H27NO4. The van der Waals surface area contributed by atoms with E-state index in [-0.39, 0.29) is 19.1 Å². The van der Waals surface area contributed by atoms with Crippen molar-refractivity contribution < 1.29 is 19.4 Å². The molecule has 0 rings (SSSR count). The summed E-state index contributed by atoms with van der Waals surface area (Å²) in [7, 11) is 1.59. The minimum Gasteiger partial charge on any atom is -0.465 e. The maximum Gasteiger partial charge on any atom is 0.319 e. The Bertz CT molecular complexity index is 331. The van der Waals surface area contributed by atoms with Crippen LogP contribution in [-0.2, 0) is 14.3 Å². The molecule has 1 atom stereocenters. The summed E-state index contributed by atoms with van der Waals surface area (Å²) in [6.07, 6.45) is 0. The van der Waals surface area contributed by atoms with Gasteiger partial charge in [-0.15, -0.1) is 0 Å². The summed E-state index contributed by atoms with van der Waals surface area (Å²) in [5.41, 5.74) is -1.25. The lowest BCUT2D eigenvalue weighted by Crippen LogP contribution is -2.53. The molecule has 1 amide bonds. The predicted octanol–water partition coefficient (Wildman–Crippen LogP) is 1.44. The fraction of sp³-hybridized carbons (Fsp3) is 0.857. The first-order valence-corrected chi connectivity index (χ1v) is 6.54. The van der Waals surface area contributed by atoms with E-state index in [1.54, 1.807) is 27.8 Å². The van der Waals surface area contributed by atoms with Crippen LogP contribution in [-0.4, -0.2) is 47.7 Å². The van der Waals surface area contributed by atoms with Crippen LogP contribution in [0.5, 0.6) is 0 Å². The molecule has 1 unspecified atom stereocenters. The van der Waals surface area contributed by atoms with Crippen molar-refractivity contribution in [2.24, 2.45) is 11.3 Å². The van der Waals surface area contributed by atoms with Gasteiger partial charge in [0, 0.05) is 7.05 Å². The maximum absolute atomic E-state index is 12.5. The molecule has 5 nitrogen and oxygen atoms in total. The zero-order valence-electron chi connectivity index (χ0n) is 13.1. The van der Waals surface area contributed by atoms with Crippen molar-refractivity contribution in [1.82, 2.24) is 4.90 Å². The third-order valence-corrected chi connectivity index (χ3v) is 3.26. The van der Waals surface area contributed by atoms with Crippen molar-refractivity contribution in [2.45, 2.75) is 47.1 Å². The molecule has 19 heavy (non-hydrogen) atoms. The molecule has 112 valence electrons. The third-order valence-electron chi connectivity index (χ3n) is 3.26. The van der Waals surface area contributed by atoms with Gasteiger partial charge in [-0.2, -0.15) is 0 Å². The SMILES string of the molecule is CCOC(=O)C(C(=O)N(C)C(C)(C)CO)C(C)(C)C. The largest absolute Gasteiger partial charge is 0.465 e. The van der Waals surface area contributed by atoms with Crippen LogP contribution in [0.2, 0.25) is 0 Å². The number of likely N-dealkylation sites (N-methyl/N-ethyl adjacent to an activating group) is 1. The van der Waals surface area contributed by atoms with Crippen molar-refractivity contribution in [1.29, 1.82) is 0 Å². The molecule has 0 aromatic carbocycles. The Hall–Kier alpha value is -1.10. The summed E-state index contributed by atoms with van der Waals surface area (Å²) in [5, 5.41) is 9.33. The molecule has 0 aliphatic heterocycles. The Morgan fingerprint density at radius 1 is 1.21 bits per heavy atom. The molecular weight excluding hydrogens is 246 g/mol. The highest BCUT2D eigenvalue weighted by Gasteiger charge is 2.43. The summed E-state index contributed by atoms with van der Waals surface area (Å²) in [6, 6.07) is 0. The monoisotopic (exact) mass is 273 g/mol. The Kier molecular flexibility index (Phi) is 6.00. The first-order valence-electron chi connectivity index (χ1n) is 6.54. The average molecular weight is 273 g/mol. The molecule has 0 fully saturated rings. The van der Waals surface area contributed by atoms with Gasteiger partial charge in [0.15, 0.2) is 0 Å². The fourth-order valence-electron chi connectivity index (χ4n) is 1.65. The van der Waals surface area contributed by atoms with Gasteiger partial charge in [-0.1, -0.05) is 20.8 Å². The number of esters is 1. The van der Waals surface area contributed by atoms with E-state index in [2.05, 4.69) is 0 Å². The minimum atomic E-state index is -0.872. The van der Waals surface area contributed by atoms with E-state index in [0.717, 1.165) is 0 Å². The van der Waals surface area contributed by atoms with E-state index in [9.17, 15) is 14.7 Å². The fourth-order valence-corrected chi connectivity index (χ4v) is 1.65. The van der Waals surface area contributed by atoms with Crippen molar-refractivity contribution in [3.63, 3.8) is 0 Å². The molecule has 5 heteroatoms. The number of hydrogen-bond donors (Lipinski definition) is 1. The number of amides is 1. The topological polar surface area (TPSA) is 66.8 Å². The minimum absolute atomic E-state index is 0.172. The Morgan fingerprint density at radius 2 is 1.68 bits per heavy atom. The van der Waals surface area contributed by atoms with E-state index in [4.69, 9.17) is 4.74 Å². The molecule has 0 saturated heterocycles. The Balaban J connectivity index is 5.30. The van der Waals surface area contributed by atoms with Crippen LogP contribution in [0.25, 0.3) is 0 Å². The van der Waals surface area contributed by atoms with Crippen LogP contribution in [0, 0.1) is 11.3 Å². The average Bonchev–Trinajstić information content (AvgIpc) is 2.26. The van der Waals surface area contributed by atoms with Gasteiger partial charge in [0.2, 0.25) is 5.91 Å². The van der Waals surface area contributed by atoms with Crippen molar-refractivity contribution in [3.8, 4) is 0 Å². The van der Waals surface area contributed by atoms with Gasteiger partial charge in [-0.05, 0) is 26.2 Å². The molecule has 0 radical (unpaired) electrons. The van der Waals surface area contributed by atoms with Crippen LogP contribution in [0.3, 0.4) is 0 Å². The lowest BCUT2D eigenvalue weighted by atomic mass is 9.79. The zero-order valence-corrected chi connectivity index (χ0v) is 13.1. The summed E-state index contributed by atoms with van der Waals surface area (Å²) < 4.78 is 5.00. The molecule has 0 aliphatic carbocycles. The quantitative estimate of drug-likeness (QED) is 0.608. The standard InChI is InChI=1S/C14H27NO4/c1-8-19-12(18)10(13(2,3)4)11(17)15(7)14(5,6)9-16/h10,16H,8-9H2,1-7H3. The molecule has 0 saturated carbocycles. The Labute approximate surface area is 115 Å². The van der Waals surface area contributed by atoms with Crippen molar-refractivity contribution in [2.75, 3.05) is 20.3 Å². The molecule has 0 aromatic rings. The molecule has 0 aromatic heterocycles. The van der Waals surface area contributed by atoms with Crippen LogP contribution in [0.15, 0.2) is 0 Å². The molecule has 0 heterocycles. The number of aliphatic hydroxyl groups is 1.